The summed E-state index contributed by atoms with van der Waals surface area (Å²) in [5, 5.41) is 0. The summed E-state index contributed by atoms with van der Waals surface area (Å²) in [5.41, 5.74) is 0.969. The Labute approximate surface area is 97.6 Å². The lowest BCUT2D eigenvalue weighted by molar-refractivity contribution is 0.561. The Bertz CT molecular complexity index is 494. The van der Waals surface area contributed by atoms with Crippen LogP contribution in [0.2, 0.25) is 0 Å². The predicted molar refractivity (Wildman–Crippen MR) is 64.7 cm³/mol. The van der Waals surface area contributed by atoms with Gasteiger partial charge in [-0.2, -0.15) is 0 Å². The molecule has 1 atom stereocenters. The Balaban J connectivity index is 2.19. The average Bonchev–Trinajstić information content (AvgIpc) is 2.31. The van der Waals surface area contributed by atoms with Gasteiger partial charge < -0.3 is 4.18 Å². The Morgan fingerprint density at radius 3 is 2.25 bits per heavy atom. The van der Waals surface area contributed by atoms with E-state index in [4.69, 9.17) is 4.18 Å². The van der Waals surface area contributed by atoms with Crippen molar-refractivity contribution < 1.29 is 8.39 Å². The molecule has 0 saturated heterocycles. The molecule has 0 fully saturated rings. The first kappa shape index (κ1) is 10.9. The Kier molecular flexibility index (Phi) is 3.37. The zero-order chi connectivity index (χ0) is 11.4. The molecule has 0 aliphatic rings. The van der Waals surface area contributed by atoms with Gasteiger partial charge >= 0.3 is 0 Å². The molecular weight excluding hydrogens is 220 g/mol. The van der Waals surface area contributed by atoms with E-state index >= 15 is 0 Å². The summed E-state index contributed by atoms with van der Waals surface area (Å²) in [6.45, 7) is 1.92. The van der Waals surface area contributed by atoms with Crippen LogP contribution in [0.3, 0.4) is 0 Å². The van der Waals surface area contributed by atoms with Crippen LogP contribution in [0, 0.1) is 6.92 Å². The van der Waals surface area contributed by atoms with Gasteiger partial charge in [-0.15, -0.1) is 0 Å². The van der Waals surface area contributed by atoms with E-state index in [1.807, 2.05) is 49.4 Å². The van der Waals surface area contributed by atoms with Gasteiger partial charge in [-0.25, -0.2) is 4.21 Å². The van der Waals surface area contributed by atoms with E-state index in [-0.39, 0.29) is 0 Å². The van der Waals surface area contributed by atoms with Crippen molar-refractivity contribution in [2.45, 2.75) is 11.8 Å². The molecule has 0 heterocycles. The summed E-state index contributed by atoms with van der Waals surface area (Å²) < 4.78 is 17.3. The molecule has 0 aliphatic heterocycles. The van der Waals surface area contributed by atoms with E-state index < -0.39 is 11.1 Å². The maximum atomic E-state index is 11.9. The monoisotopic (exact) mass is 232 g/mol. The standard InChI is InChI=1S/C13H12O2S/c1-11-7-5-6-10-13(11)16(14)15-12-8-3-2-4-9-12/h2-10H,1H3. The third kappa shape index (κ3) is 2.49. The second-order valence-electron chi connectivity index (χ2n) is 3.40. The van der Waals surface area contributed by atoms with Crippen LogP contribution >= 0.6 is 0 Å². The Morgan fingerprint density at radius 1 is 0.938 bits per heavy atom. The van der Waals surface area contributed by atoms with E-state index in [9.17, 15) is 4.21 Å². The lowest BCUT2D eigenvalue weighted by atomic mass is 10.2. The van der Waals surface area contributed by atoms with Crippen LogP contribution in [0.25, 0.3) is 0 Å². The van der Waals surface area contributed by atoms with Gasteiger partial charge in [-0.3, -0.25) is 0 Å². The first-order valence-electron chi connectivity index (χ1n) is 4.98. The third-order valence-corrected chi connectivity index (χ3v) is 3.35. The zero-order valence-electron chi connectivity index (χ0n) is 8.92. The van der Waals surface area contributed by atoms with E-state index in [2.05, 4.69) is 0 Å². The average molecular weight is 232 g/mol. The largest absolute Gasteiger partial charge is 0.397 e. The quantitative estimate of drug-likeness (QED) is 0.812. The Morgan fingerprint density at radius 2 is 1.56 bits per heavy atom. The summed E-state index contributed by atoms with van der Waals surface area (Å²) in [7, 11) is 0. The van der Waals surface area contributed by atoms with E-state index in [0.29, 0.717) is 10.6 Å². The molecule has 0 N–H and O–H groups in total. The van der Waals surface area contributed by atoms with Gasteiger partial charge in [0.05, 0.1) is 4.90 Å². The van der Waals surface area contributed by atoms with Gasteiger partial charge in [0.25, 0.3) is 0 Å². The highest BCUT2D eigenvalue weighted by molar-refractivity contribution is 7.80. The van der Waals surface area contributed by atoms with Crippen molar-refractivity contribution in [3.63, 3.8) is 0 Å². The lowest BCUT2D eigenvalue weighted by Gasteiger charge is -2.06. The minimum Gasteiger partial charge on any atom is -0.397 e. The summed E-state index contributed by atoms with van der Waals surface area (Å²) in [4.78, 5) is 0.714. The molecule has 0 aliphatic carbocycles. The topological polar surface area (TPSA) is 26.3 Å². The summed E-state index contributed by atoms with van der Waals surface area (Å²) >= 11 is -1.45. The van der Waals surface area contributed by atoms with Gasteiger partial charge in [0, 0.05) is 0 Å². The minimum absolute atomic E-state index is 0.615. The molecular formula is C13H12O2S. The van der Waals surface area contributed by atoms with Gasteiger partial charge in [-0.1, -0.05) is 36.4 Å². The zero-order valence-corrected chi connectivity index (χ0v) is 9.74. The van der Waals surface area contributed by atoms with Crippen LogP contribution in [0.15, 0.2) is 59.5 Å². The van der Waals surface area contributed by atoms with Crippen molar-refractivity contribution in [2.24, 2.45) is 0 Å². The molecule has 3 heteroatoms. The van der Waals surface area contributed by atoms with Crippen LogP contribution in [-0.2, 0) is 11.1 Å². The normalized spacial score (nSPS) is 12.1. The fourth-order valence-electron chi connectivity index (χ4n) is 1.35. The number of rotatable bonds is 3. The van der Waals surface area contributed by atoms with Gasteiger partial charge in [-0.05, 0) is 30.7 Å². The fourth-order valence-corrected chi connectivity index (χ4v) is 2.25. The molecule has 16 heavy (non-hydrogen) atoms. The highest BCUT2D eigenvalue weighted by Crippen LogP contribution is 2.17. The van der Waals surface area contributed by atoms with Crippen molar-refractivity contribution in [3.05, 3.63) is 60.2 Å². The molecule has 0 spiro atoms. The molecule has 2 nitrogen and oxygen atoms in total. The first-order valence-corrected chi connectivity index (χ1v) is 6.05. The molecule has 2 aromatic carbocycles. The molecule has 0 bridgehead atoms. The lowest BCUT2D eigenvalue weighted by Crippen LogP contribution is -2.02. The van der Waals surface area contributed by atoms with Crippen LogP contribution < -0.4 is 4.18 Å². The van der Waals surface area contributed by atoms with Crippen molar-refractivity contribution in [2.75, 3.05) is 0 Å². The van der Waals surface area contributed by atoms with Gasteiger partial charge in [0.15, 0.2) is 0 Å². The second kappa shape index (κ2) is 4.94. The molecule has 82 valence electrons. The maximum Gasteiger partial charge on any atom is 0.240 e. The number of hydrogen-bond acceptors (Lipinski definition) is 2. The molecule has 2 rings (SSSR count). The predicted octanol–water partition coefficient (Wildman–Crippen LogP) is 3.10. The molecule has 2 aromatic rings. The van der Waals surface area contributed by atoms with Crippen molar-refractivity contribution >= 4 is 11.1 Å². The summed E-state index contributed by atoms with van der Waals surface area (Å²) in [5.74, 6) is 0.615. The molecule has 0 saturated carbocycles. The van der Waals surface area contributed by atoms with Crippen LogP contribution in [0.1, 0.15) is 5.56 Å². The number of para-hydroxylation sites is 1. The van der Waals surface area contributed by atoms with Crippen LogP contribution in [0.5, 0.6) is 5.75 Å². The molecule has 0 radical (unpaired) electrons. The number of benzene rings is 2. The summed E-state index contributed by atoms with van der Waals surface area (Å²) in [6.07, 6.45) is 0. The number of aryl methyl sites for hydroxylation is 1. The first-order chi connectivity index (χ1) is 7.77. The van der Waals surface area contributed by atoms with E-state index in [1.165, 1.54) is 0 Å². The fraction of sp³-hybridized carbons (Fsp3) is 0.0769. The van der Waals surface area contributed by atoms with Crippen molar-refractivity contribution in [1.82, 2.24) is 0 Å². The molecule has 0 amide bonds. The SMILES string of the molecule is Cc1ccccc1S(=O)Oc1ccccc1. The van der Waals surface area contributed by atoms with E-state index in [1.54, 1.807) is 12.1 Å². The number of hydrogen-bond donors (Lipinski definition) is 0. The Hall–Kier alpha value is -1.61. The highest BCUT2D eigenvalue weighted by Gasteiger charge is 2.08. The summed E-state index contributed by atoms with van der Waals surface area (Å²) in [6, 6.07) is 16.7. The minimum atomic E-state index is -1.45. The smallest absolute Gasteiger partial charge is 0.240 e. The van der Waals surface area contributed by atoms with Gasteiger partial charge in [0.2, 0.25) is 11.1 Å². The van der Waals surface area contributed by atoms with Crippen LogP contribution in [0.4, 0.5) is 0 Å². The molecule has 1 unspecified atom stereocenters. The van der Waals surface area contributed by atoms with Gasteiger partial charge in [0.1, 0.15) is 5.75 Å². The van der Waals surface area contributed by atoms with Crippen LogP contribution in [-0.4, -0.2) is 4.21 Å². The third-order valence-electron chi connectivity index (χ3n) is 2.19. The highest BCUT2D eigenvalue weighted by atomic mass is 32.2. The second-order valence-corrected chi connectivity index (χ2v) is 4.47. The van der Waals surface area contributed by atoms with E-state index in [0.717, 1.165) is 5.56 Å². The molecule has 0 aromatic heterocycles. The maximum absolute atomic E-state index is 11.9. The van der Waals surface area contributed by atoms with Crippen molar-refractivity contribution in [3.8, 4) is 5.75 Å². The van der Waals surface area contributed by atoms with Crippen molar-refractivity contribution in [1.29, 1.82) is 0 Å².